The van der Waals surface area contributed by atoms with Gasteiger partial charge in [-0.1, -0.05) is 11.6 Å². The Morgan fingerprint density at radius 1 is 1.50 bits per heavy atom. The Kier molecular flexibility index (Phi) is 3.49. The molecule has 12 heavy (non-hydrogen) atoms. The highest BCUT2D eigenvalue weighted by molar-refractivity contribution is 7.10. The Balaban J connectivity index is 2.77. The second-order valence-electron chi connectivity index (χ2n) is 2.33. The van der Waals surface area contributed by atoms with Gasteiger partial charge in [0, 0.05) is 0 Å². The quantitative estimate of drug-likeness (QED) is 0.688. The van der Waals surface area contributed by atoms with Crippen LogP contribution in [0.4, 0.5) is 0 Å². The Labute approximate surface area is 78.9 Å². The third-order valence-electron chi connectivity index (χ3n) is 1.46. The number of aliphatic hydroxyl groups excluding tert-OH is 3. The van der Waals surface area contributed by atoms with E-state index in [0.29, 0.717) is 9.90 Å². The summed E-state index contributed by atoms with van der Waals surface area (Å²) in [6.07, 6.45) is -2.26. The van der Waals surface area contributed by atoms with Crippen LogP contribution in [0, 0.1) is 0 Å². The summed E-state index contributed by atoms with van der Waals surface area (Å²) in [7, 11) is 0. The highest BCUT2D eigenvalue weighted by Crippen LogP contribution is 2.30. The van der Waals surface area contributed by atoms with Gasteiger partial charge in [-0.05, 0) is 11.4 Å². The van der Waals surface area contributed by atoms with Crippen LogP contribution in [0.5, 0.6) is 0 Å². The van der Waals surface area contributed by atoms with E-state index >= 15 is 0 Å². The molecule has 1 rings (SSSR count). The molecule has 2 unspecified atom stereocenters. The van der Waals surface area contributed by atoms with Crippen molar-refractivity contribution in [2.75, 3.05) is 6.61 Å². The van der Waals surface area contributed by atoms with Crippen molar-refractivity contribution < 1.29 is 15.3 Å². The van der Waals surface area contributed by atoms with Crippen LogP contribution < -0.4 is 0 Å². The smallest absolute Gasteiger partial charge is 0.118 e. The first-order chi connectivity index (χ1) is 5.66. The van der Waals surface area contributed by atoms with E-state index < -0.39 is 18.8 Å². The first-order valence-corrected chi connectivity index (χ1v) is 4.62. The SMILES string of the molecule is OCC(O)C(O)c1sccc1Cl. The lowest BCUT2D eigenvalue weighted by Gasteiger charge is -2.13. The molecular formula is C7H9ClO3S. The van der Waals surface area contributed by atoms with Gasteiger partial charge in [0.2, 0.25) is 0 Å². The summed E-state index contributed by atoms with van der Waals surface area (Å²) in [5.74, 6) is 0. The van der Waals surface area contributed by atoms with E-state index in [1.807, 2.05) is 0 Å². The van der Waals surface area contributed by atoms with Crippen LogP contribution in [-0.2, 0) is 0 Å². The summed E-state index contributed by atoms with van der Waals surface area (Å²) in [6.45, 7) is -0.477. The number of hydrogen-bond donors (Lipinski definition) is 3. The van der Waals surface area contributed by atoms with E-state index in [2.05, 4.69) is 0 Å². The summed E-state index contributed by atoms with van der Waals surface area (Å²) >= 11 is 6.94. The molecule has 0 fully saturated rings. The molecular weight excluding hydrogens is 200 g/mol. The molecule has 0 radical (unpaired) electrons. The number of halogens is 1. The topological polar surface area (TPSA) is 60.7 Å². The van der Waals surface area contributed by atoms with Gasteiger partial charge in [0.25, 0.3) is 0 Å². The molecule has 0 aliphatic rings. The zero-order chi connectivity index (χ0) is 9.14. The molecule has 0 spiro atoms. The molecule has 0 aliphatic carbocycles. The zero-order valence-corrected chi connectivity index (χ0v) is 7.72. The predicted octanol–water partition coefficient (Wildman–Crippen LogP) is 0.788. The molecule has 0 saturated carbocycles. The van der Waals surface area contributed by atoms with Crippen LogP contribution in [0.15, 0.2) is 11.4 Å². The summed E-state index contributed by atoms with van der Waals surface area (Å²) in [4.78, 5) is 0.484. The number of rotatable bonds is 3. The van der Waals surface area contributed by atoms with Crippen molar-refractivity contribution in [1.29, 1.82) is 0 Å². The van der Waals surface area contributed by atoms with Gasteiger partial charge in [0.05, 0.1) is 16.5 Å². The van der Waals surface area contributed by atoms with Crippen LogP contribution in [0.25, 0.3) is 0 Å². The number of thiophene rings is 1. The maximum Gasteiger partial charge on any atom is 0.118 e. The first-order valence-electron chi connectivity index (χ1n) is 3.36. The minimum atomic E-state index is -1.17. The van der Waals surface area contributed by atoms with Gasteiger partial charge >= 0.3 is 0 Å². The van der Waals surface area contributed by atoms with Crippen molar-refractivity contribution in [2.45, 2.75) is 12.2 Å². The molecule has 5 heteroatoms. The maximum absolute atomic E-state index is 9.37. The third kappa shape index (κ3) is 1.97. The Morgan fingerprint density at radius 3 is 2.58 bits per heavy atom. The average molecular weight is 209 g/mol. The zero-order valence-electron chi connectivity index (χ0n) is 6.14. The normalized spacial score (nSPS) is 16.0. The van der Waals surface area contributed by atoms with Gasteiger partial charge in [-0.15, -0.1) is 11.3 Å². The molecule has 0 saturated heterocycles. The number of hydrogen-bond acceptors (Lipinski definition) is 4. The molecule has 2 atom stereocenters. The lowest BCUT2D eigenvalue weighted by Crippen LogP contribution is -2.21. The second kappa shape index (κ2) is 4.20. The minimum Gasteiger partial charge on any atom is -0.394 e. The van der Waals surface area contributed by atoms with Crippen molar-refractivity contribution in [3.8, 4) is 0 Å². The van der Waals surface area contributed by atoms with Gasteiger partial charge in [-0.25, -0.2) is 0 Å². The Bertz CT molecular complexity index is 251. The average Bonchev–Trinajstić information content (AvgIpc) is 2.48. The fraction of sp³-hybridized carbons (Fsp3) is 0.429. The lowest BCUT2D eigenvalue weighted by molar-refractivity contribution is -0.0134. The van der Waals surface area contributed by atoms with Gasteiger partial charge in [0.1, 0.15) is 12.2 Å². The minimum absolute atomic E-state index is 0.417. The van der Waals surface area contributed by atoms with Crippen LogP contribution in [0.2, 0.25) is 5.02 Å². The molecule has 0 aromatic carbocycles. The Hall–Kier alpha value is -0.130. The second-order valence-corrected chi connectivity index (χ2v) is 3.68. The fourth-order valence-corrected chi connectivity index (χ4v) is 2.00. The summed E-state index contributed by atoms with van der Waals surface area (Å²) in [5.41, 5.74) is 0. The van der Waals surface area contributed by atoms with Crippen LogP contribution in [-0.4, -0.2) is 28.0 Å². The van der Waals surface area contributed by atoms with E-state index in [1.54, 1.807) is 11.4 Å². The third-order valence-corrected chi connectivity index (χ3v) is 2.89. The van der Waals surface area contributed by atoms with Crippen molar-refractivity contribution in [3.63, 3.8) is 0 Å². The van der Waals surface area contributed by atoms with Gasteiger partial charge < -0.3 is 15.3 Å². The number of aliphatic hydroxyl groups is 3. The van der Waals surface area contributed by atoms with E-state index in [9.17, 15) is 5.11 Å². The highest BCUT2D eigenvalue weighted by Gasteiger charge is 2.20. The summed E-state index contributed by atoms with van der Waals surface area (Å²) < 4.78 is 0. The Morgan fingerprint density at radius 2 is 2.17 bits per heavy atom. The van der Waals surface area contributed by atoms with Gasteiger partial charge in [-0.2, -0.15) is 0 Å². The van der Waals surface area contributed by atoms with Crippen molar-refractivity contribution in [3.05, 3.63) is 21.3 Å². The van der Waals surface area contributed by atoms with E-state index in [4.69, 9.17) is 21.8 Å². The molecule has 1 aromatic rings. The maximum atomic E-state index is 9.37. The van der Waals surface area contributed by atoms with Crippen molar-refractivity contribution in [2.24, 2.45) is 0 Å². The van der Waals surface area contributed by atoms with E-state index in [0.717, 1.165) is 0 Å². The molecule has 0 aliphatic heterocycles. The molecule has 0 bridgehead atoms. The molecule has 0 amide bonds. The summed E-state index contributed by atoms with van der Waals surface area (Å²) in [5, 5.41) is 29.1. The standard InChI is InChI=1S/C7H9ClO3S/c8-4-1-2-12-7(4)6(11)5(10)3-9/h1-2,5-6,9-11H,3H2. The molecule has 3 N–H and O–H groups in total. The van der Waals surface area contributed by atoms with Crippen LogP contribution >= 0.6 is 22.9 Å². The molecule has 68 valence electrons. The highest BCUT2D eigenvalue weighted by atomic mass is 35.5. The molecule has 3 nitrogen and oxygen atoms in total. The van der Waals surface area contributed by atoms with Crippen molar-refractivity contribution >= 4 is 22.9 Å². The van der Waals surface area contributed by atoms with E-state index in [-0.39, 0.29) is 0 Å². The fourth-order valence-electron chi connectivity index (χ4n) is 0.791. The lowest BCUT2D eigenvalue weighted by atomic mass is 10.2. The molecule has 1 heterocycles. The van der Waals surface area contributed by atoms with Crippen LogP contribution in [0.1, 0.15) is 11.0 Å². The predicted molar refractivity (Wildman–Crippen MR) is 47.4 cm³/mol. The van der Waals surface area contributed by atoms with Gasteiger partial charge in [0.15, 0.2) is 0 Å². The van der Waals surface area contributed by atoms with E-state index in [1.165, 1.54) is 11.3 Å². The van der Waals surface area contributed by atoms with Gasteiger partial charge in [-0.3, -0.25) is 0 Å². The van der Waals surface area contributed by atoms with Crippen molar-refractivity contribution in [1.82, 2.24) is 0 Å². The largest absolute Gasteiger partial charge is 0.394 e. The molecule has 1 aromatic heterocycles. The summed E-state index contributed by atoms with van der Waals surface area (Å²) in [6, 6.07) is 1.63. The van der Waals surface area contributed by atoms with Crippen LogP contribution in [0.3, 0.4) is 0 Å². The first kappa shape index (κ1) is 9.95. The monoisotopic (exact) mass is 208 g/mol.